The summed E-state index contributed by atoms with van der Waals surface area (Å²) in [5, 5.41) is 4.87. The Hall–Kier alpha value is -4.98. The normalized spacial score (nSPS) is 11.2. The van der Waals surface area contributed by atoms with Gasteiger partial charge in [0.1, 0.15) is 11.5 Å². The summed E-state index contributed by atoms with van der Waals surface area (Å²) < 4.78 is 3.68. The Bertz CT molecular complexity index is 1810. The van der Waals surface area contributed by atoms with Gasteiger partial charge in [-0.25, -0.2) is 9.97 Å². The largest absolute Gasteiger partial charge is 0.378 e. The lowest BCUT2D eigenvalue weighted by molar-refractivity contribution is 0.752. The molecular formula is C30H27N7O. The van der Waals surface area contributed by atoms with Crippen LogP contribution in [0.3, 0.4) is 0 Å². The van der Waals surface area contributed by atoms with Gasteiger partial charge in [0.15, 0.2) is 0 Å². The lowest BCUT2D eigenvalue weighted by Gasteiger charge is -2.13. The van der Waals surface area contributed by atoms with Crippen molar-refractivity contribution in [3.05, 3.63) is 119 Å². The molecule has 0 saturated carbocycles. The minimum atomic E-state index is -0.0813. The van der Waals surface area contributed by atoms with Crippen molar-refractivity contribution in [1.29, 1.82) is 0 Å². The summed E-state index contributed by atoms with van der Waals surface area (Å²) in [6.07, 6.45) is 11.1. The van der Waals surface area contributed by atoms with E-state index in [2.05, 4.69) is 15.3 Å². The average Bonchev–Trinajstić information content (AvgIpc) is 3.35. The van der Waals surface area contributed by atoms with Crippen LogP contribution in [0, 0.1) is 0 Å². The summed E-state index contributed by atoms with van der Waals surface area (Å²) in [7, 11) is 4.02. The van der Waals surface area contributed by atoms with Gasteiger partial charge in [0, 0.05) is 75.1 Å². The zero-order valence-corrected chi connectivity index (χ0v) is 21.2. The third-order valence-electron chi connectivity index (χ3n) is 6.61. The predicted octanol–water partition coefficient (Wildman–Crippen LogP) is 4.83. The van der Waals surface area contributed by atoms with Gasteiger partial charge in [-0.1, -0.05) is 36.4 Å². The topological polar surface area (TPSA) is 80.3 Å². The Morgan fingerprint density at radius 3 is 2.66 bits per heavy atom. The number of nitrogens with zero attached hydrogens (tertiary/aromatic N) is 6. The highest BCUT2D eigenvalue weighted by atomic mass is 16.1. The molecule has 0 aliphatic heterocycles. The smallest absolute Gasteiger partial charge is 0.260 e. The first-order chi connectivity index (χ1) is 18.5. The van der Waals surface area contributed by atoms with E-state index in [-0.39, 0.29) is 5.56 Å². The Morgan fingerprint density at radius 2 is 1.82 bits per heavy atom. The molecule has 0 spiro atoms. The Morgan fingerprint density at radius 1 is 0.947 bits per heavy atom. The summed E-state index contributed by atoms with van der Waals surface area (Å²) in [5.74, 6) is 0.822. The summed E-state index contributed by atoms with van der Waals surface area (Å²) in [6.45, 7) is 1.01. The molecule has 0 atom stereocenters. The summed E-state index contributed by atoms with van der Waals surface area (Å²) >= 11 is 0. The molecule has 6 rings (SSSR count). The first-order valence-corrected chi connectivity index (χ1v) is 12.4. The lowest BCUT2D eigenvalue weighted by Crippen LogP contribution is -2.20. The monoisotopic (exact) mass is 501 g/mol. The van der Waals surface area contributed by atoms with Crippen LogP contribution in [-0.2, 0) is 13.1 Å². The fourth-order valence-corrected chi connectivity index (χ4v) is 4.61. The van der Waals surface area contributed by atoms with Crippen LogP contribution < -0.4 is 15.8 Å². The Labute approximate surface area is 219 Å². The van der Waals surface area contributed by atoms with Crippen LogP contribution in [-0.4, -0.2) is 38.0 Å². The number of hydrogen-bond acceptors (Lipinski definition) is 6. The molecule has 0 radical (unpaired) electrons. The van der Waals surface area contributed by atoms with Crippen molar-refractivity contribution >= 4 is 27.9 Å². The minimum Gasteiger partial charge on any atom is -0.378 e. The molecule has 38 heavy (non-hydrogen) atoms. The van der Waals surface area contributed by atoms with Crippen molar-refractivity contribution in [2.75, 3.05) is 24.3 Å². The number of hydrogen-bond donors (Lipinski definition) is 1. The van der Waals surface area contributed by atoms with E-state index in [9.17, 15) is 4.79 Å². The van der Waals surface area contributed by atoms with Gasteiger partial charge in [-0.15, -0.1) is 0 Å². The fourth-order valence-electron chi connectivity index (χ4n) is 4.61. The SMILES string of the molecule is CN(C)c1ccnc(NCc2ccc3nc(Cn4ccc5c(-c6ccccc6)cncc5c4=O)cn3c2)c1. The van der Waals surface area contributed by atoms with Crippen LogP contribution in [0.2, 0.25) is 0 Å². The van der Waals surface area contributed by atoms with Gasteiger partial charge < -0.3 is 19.2 Å². The molecule has 1 N–H and O–H groups in total. The molecule has 0 amide bonds. The Kier molecular flexibility index (Phi) is 6.05. The molecule has 0 aliphatic rings. The summed E-state index contributed by atoms with van der Waals surface area (Å²) in [6, 6.07) is 20.0. The maximum absolute atomic E-state index is 13.3. The number of imidazole rings is 1. The quantitative estimate of drug-likeness (QED) is 0.337. The minimum absolute atomic E-state index is 0.0813. The molecule has 0 saturated heterocycles. The van der Waals surface area contributed by atoms with Crippen LogP contribution in [0.15, 0.2) is 103 Å². The van der Waals surface area contributed by atoms with E-state index < -0.39 is 0 Å². The van der Waals surface area contributed by atoms with E-state index in [1.165, 1.54) is 0 Å². The molecule has 188 valence electrons. The molecule has 0 fully saturated rings. The first kappa shape index (κ1) is 23.4. The van der Waals surface area contributed by atoms with Crippen molar-refractivity contribution < 1.29 is 0 Å². The van der Waals surface area contributed by atoms with Crippen molar-refractivity contribution in [1.82, 2.24) is 23.9 Å². The number of rotatable bonds is 7. The highest BCUT2D eigenvalue weighted by Crippen LogP contribution is 2.26. The molecule has 5 heterocycles. The standard InChI is InChI=1S/C30H27N7O/c1-35(2)24-10-12-32-28(14-24)33-15-21-8-9-29-34-23(20-37(29)18-21)19-36-13-11-25-26(22-6-4-3-5-7-22)16-31-17-27(25)30(36)38/h3-14,16-18,20H,15,19H2,1-2H3,(H,32,33). The molecule has 5 aromatic heterocycles. The molecule has 0 aliphatic carbocycles. The molecule has 0 bridgehead atoms. The number of anilines is 2. The van der Waals surface area contributed by atoms with Gasteiger partial charge in [0.05, 0.1) is 17.6 Å². The Balaban J connectivity index is 1.23. The first-order valence-electron chi connectivity index (χ1n) is 12.4. The van der Waals surface area contributed by atoms with Gasteiger partial charge in [0.25, 0.3) is 5.56 Å². The zero-order chi connectivity index (χ0) is 26.1. The van der Waals surface area contributed by atoms with Gasteiger partial charge >= 0.3 is 0 Å². The van der Waals surface area contributed by atoms with E-state index in [1.807, 2.05) is 109 Å². The molecular weight excluding hydrogens is 474 g/mol. The van der Waals surface area contributed by atoms with Crippen LogP contribution in [0.5, 0.6) is 0 Å². The lowest BCUT2D eigenvalue weighted by atomic mass is 10.0. The summed E-state index contributed by atoms with van der Waals surface area (Å²) in [4.78, 5) is 28.9. The average molecular weight is 502 g/mol. The number of pyridine rings is 4. The summed E-state index contributed by atoms with van der Waals surface area (Å²) in [5.41, 5.74) is 5.73. The van der Waals surface area contributed by atoms with Crippen LogP contribution in [0.1, 0.15) is 11.3 Å². The molecule has 1 aromatic carbocycles. The number of aromatic nitrogens is 5. The second-order valence-corrected chi connectivity index (χ2v) is 9.45. The van der Waals surface area contributed by atoms with Crippen molar-refractivity contribution in [3.8, 4) is 11.1 Å². The molecule has 8 nitrogen and oxygen atoms in total. The molecule has 0 unspecified atom stereocenters. The maximum atomic E-state index is 13.3. The van der Waals surface area contributed by atoms with E-state index in [4.69, 9.17) is 4.98 Å². The van der Waals surface area contributed by atoms with Gasteiger partial charge in [-0.3, -0.25) is 9.78 Å². The van der Waals surface area contributed by atoms with Crippen molar-refractivity contribution in [3.63, 3.8) is 0 Å². The molecule has 8 heteroatoms. The van der Waals surface area contributed by atoms with Crippen LogP contribution >= 0.6 is 0 Å². The number of fused-ring (bicyclic) bond motifs is 2. The van der Waals surface area contributed by atoms with Gasteiger partial charge in [-0.2, -0.15) is 0 Å². The van der Waals surface area contributed by atoms with E-state index >= 15 is 0 Å². The maximum Gasteiger partial charge on any atom is 0.260 e. The van der Waals surface area contributed by atoms with Crippen LogP contribution in [0.4, 0.5) is 11.5 Å². The van der Waals surface area contributed by atoms with Crippen LogP contribution in [0.25, 0.3) is 27.5 Å². The second-order valence-electron chi connectivity index (χ2n) is 9.45. The zero-order valence-electron chi connectivity index (χ0n) is 21.2. The van der Waals surface area contributed by atoms with Crippen molar-refractivity contribution in [2.24, 2.45) is 0 Å². The van der Waals surface area contributed by atoms with E-state index in [0.29, 0.717) is 18.5 Å². The fraction of sp³-hybridized carbons (Fsp3) is 0.133. The predicted molar refractivity (Wildman–Crippen MR) is 152 cm³/mol. The van der Waals surface area contributed by atoms with E-state index in [0.717, 1.165) is 44.9 Å². The second kappa shape index (κ2) is 9.82. The highest BCUT2D eigenvalue weighted by Gasteiger charge is 2.11. The van der Waals surface area contributed by atoms with Gasteiger partial charge in [0.2, 0.25) is 0 Å². The van der Waals surface area contributed by atoms with E-state index in [1.54, 1.807) is 17.0 Å². The number of benzene rings is 1. The molecule has 6 aromatic rings. The highest BCUT2D eigenvalue weighted by molar-refractivity contribution is 5.95. The number of nitrogens with one attached hydrogen (secondary N) is 1. The van der Waals surface area contributed by atoms with Gasteiger partial charge in [-0.05, 0) is 34.7 Å². The third kappa shape index (κ3) is 4.59. The van der Waals surface area contributed by atoms with Crippen molar-refractivity contribution in [2.45, 2.75) is 13.1 Å². The third-order valence-corrected chi connectivity index (χ3v) is 6.61.